The van der Waals surface area contributed by atoms with Gasteiger partial charge in [-0.25, -0.2) is 19.7 Å². The quantitative estimate of drug-likeness (QED) is 0.119. The van der Waals surface area contributed by atoms with Crippen LogP contribution >= 0.6 is 11.6 Å². The first-order chi connectivity index (χ1) is 20.5. The van der Waals surface area contributed by atoms with Crippen molar-refractivity contribution in [1.82, 2.24) is 19.5 Å². The van der Waals surface area contributed by atoms with E-state index in [1.54, 1.807) is 0 Å². The van der Waals surface area contributed by atoms with Gasteiger partial charge in [-0.2, -0.15) is 8.42 Å². The van der Waals surface area contributed by atoms with E-state index in [0.717, 1.165) is 30.2 Å². The van der Waals surface area contributed by atoms with E-state index < -0.39 is 16.1 Å². The zero-order valence-corrected chi connectivity index (χ0v) is 26.0. The molecule has 4 aromatic rings. The Morgan fingerprint density at radius 2 is 1.86 bits per heavy atom. The predicted molar refractivity (Wildman–Crippen MR) is 164 cm³/mol. The summed E-state index contributed by atoms with van der Waals surface area (Å²) in [4.78, 5) is 26.6. The molecule has 2 aromatic carbocycles. The van der Waals surface area contributed by atoms with Crippen molar-refractivity contribution in [2.45, 2.75) is 45.7 Å². The molecular weight excluding hydrogens is 594 g/mol. The third kappa shape index (κ3) is 7.62. The monoisotopic (exact) mass is 627 g/mol. The van der Waals surface area contributed by atoms with Crippen LogP contribution in [0.2, 0.25) is 5.02 Å². The van der Waals surface area contributed by atoms with Crippen LogP contribution in [-0.4, -0.2) is 66.5 Å². The number of hydrogen-bond acceptors (Lipinski definition) is 10. The van der Waals surface area contributed by atoms with Gasteiger partial charge in [0, 0.05) is 24.0 Å². The number of nitrogens with one attached hydrogen (secondary N) is 1. The number of nitrogens with zero attached hydrogens (tertiary/aromatic N) is 4. The Morgan fingerprint density at radius 1 is 1.12 bits per heavy atom. The maximum Gasteiger partial charge on any atom is 0.376 e. The topological polar surface area (TPSA) is 135 Å². The van der Waals surface area contributed by atoms with Gasteiger partial charge in [0.2, 0.25) is 5.82 Å². The fraction of sp³-hybridized carbons (Fsp3) is 0.400. The van der Waals surface area contributed by atoms with Gasteiger partial charge in [-0.1, -0.05) is 35.4 Å². The molecule has 2 heterocycles. The largest absolute Gasteiger partial charge is 0.493 e. The van der Waals surface area contributed by atoms with Gasteiger partial charge in [0.15, 0.2) is 11.5 Å². The summed E-state index contributed by atoms with van der Waals surface area (Å²) in [5, 5.41) is 4.14. The lowest BCUT2D eigenvalue weighted by Crippen LogP contribution is -2.21. The van der Waals surface area contributed by atoms with Crippen molar-refractivity contribution >= 4 is 44.7 Å². The lowest BCUT2D eigenvalue weighted by molar-refractivity contribution is 0.0587. The van der Waals surface area contributed by atoms with E-state index in [1.165, 1.54) is 7.11 Å². The number of fused-ring (bicyclic) bond motifs is 1. The van der Waals surface area contributed by atoms with E-state index in [1.807, 2.05) is 54.0 Å². The first kappa shape index (κ1) is 30.7. The first-order valence-electron chi connectivity index (χ1n) is 14.0. The average molecular weight is 628 g/mol. The number of aromatic nitrogens is 4. The standard InChI is InChI=1S/C30H34ClN5O6S/c1-18-6-13-24(41-14-5-15-42-43(4,38)39)23(16-18)29-35-27-25(36(29)17-20-7-11-22(31)12-8-20)26(32-19(2)21-9-10-21)33-28(34-27)30(37)40-3/h6-8,11-13,16,19,21H,5,9-10,14-15,17H2,1-4H3,(H,32,33,34). The predicted octanol–water partition coefficient (Wildman–Crippen LogP) is 5.25. The van der Waals surface area contributed by atoms with Gasteiger partial charge in [-0.3, -0.25) is 4.18 Å². The molecule has 0 bridgehead atoms. The van der Waals surface area contributed by atoms with Crippen molar-refractivity contribution in [3.8, 4) is 17.1 Å². The van der Waals surface area contributed by atoms with Crippen molar-refractivity contribution in [2.24, 2.45) is 5.92 Å². The summed E-state index contributed by atoms with van der Waals surface area (Å²) in [5.74, 6) is 1.38. The van der Waals surface area contributed by atoms with Crippen LogP contribution in [0.15, 0.2) is 42.5 Å². The third-order valence-electron chi connectivity index (χ3n) is 7.14. The van der Waals surface area contributed by atoms with E-state index >= 15 is 0 Å². The molecule has 1 aliphatic carbocycles. The van der Waals surface area contributed by atoms with E-state index in [-0.39, 0.29) is 25.1 Å². The Morgan fingerprint density at radius 3 is 2.53 bits per heavy atom. The highest BCUT2D eigenvalue weighted by molar-refractivity contribution is 7.85. The van der Waals surface area contributed by atoms with Crippen molar-refractivity contribution in [3.63, 3.8) is 0 Å². The minimum Gasteiger partial charge on any atom is -0.493 e. The SMILES string of the molecule is COC(=O)c1nc(NC(C)C2CC2)c2c(n1)nc(-c1cc(C)ccc1OCCCOS(C)(=O)=O)n2Cc1ccc(Cl)cc1. The third-order valence-corrected chi connectivity index (χ3v) is 7.98. The first-order valence-corrected chi connectivity index (χ1v) is 16.2. The Labute approximate surface area is 255 Å². The molecule has 13 heteroatoms. The van der Waals surface area contributed by atoms with Crippen LogP contribution in [0.3, 0.4) is 0 Å². The van der Waals surface area contributed by atoms with Crippen LogP contribution in [0.1, 0.15) is 47.9 Å². The maximum atomic E-state index is 12.6. The summed E-state index contributed by atoms with van der Waals surface area (Å²) in [6.07, 6.45) is 3.63. The van der Waals surface area contributed by atoms with Gasteiger partial charge >= 0.3 is 5.97 Å². The van der Waals surface area contributed by atoms with Gasteiger partial charge < -0.3 is 19.4 Å². The molecule has 1 atom stereocenters. The highest BCUT2D eigenvalue weighted by Gasteiger charge is 2.30. The number of carbonyl (C=O) groups excluding carboxylic acids is 1. The number of rotatable bonds is 13. The zero-order valence-electron chi connectivity index (χ0n) is 24.5. The van der Waals surface area contributed by atoms with Crippen LogP contribution in [0.5, 0.6) is 5.75 Å². The molecule has 1 aliphatic rings. The maximum absolute atomic E-state index is 12.6. The van der Waals surface area contributed by atoms with Gasteiger partial charge in [-0.05, 0) is 62.4 Å². The summed E-state index contributed by atoms with van der Waals surface area (Å²) in [7, 11) is -2.24. The average Bonchev–Trinajstić information content (AvgIpc) is 3.76. The summed E-state index contributed by atoms with van der Waals surface area (Å²) in [6, 6.07) is 13.4. The molecular formula is C30H34ClN5O6S. The number of halogens is 1. The molecule has 0 saturated heterocycles. The molecule has 11 nitrogen and oxygen atoms in total. The molecule has 2 aromatic heterocycles. The number of esters is 1. The van der Waals surface area contributed by atoms with Gasteiger partial charge in [0.1, 0.15) is 17.1 Å². The molecule has 0 amide bonds. The molecule has 43 heavy (non-hydrogen) atoms. The lowest BCUT2D eigenvalue weighted by Gasteiger charge is -2.18. The number of carbonyl (C=O) groups is 1. The molecule has 1 unspecified atom stereocenters. The van der Waals surface area contributed by atoms with E-state index in [9.17, 15) is 13.2 Å². The fourth-order valence-corrected chi connectivity index (χ4v) is 5.32. The van der Waals surface area contributed by atoms with Crippen LogP contribution < -0.4 is 10.1 Å². The zero-order chi connectivity index (χ0) is 30.7. The second-order valence-corrected chi connectivity index (χ2v) is 12.8. The number of anilines is 1. The van der Waals surface area contributed by atoms with Crippen LogP contribution in [-0.2, 0) is 25.6 Å². The van der Waals surface area contributed by atoms with Crippen molar-refractivity contribution < 1.29 is 26.9 Å². The number of ether oxygens (including phenoxy) is 2. The molecule has 0 aliphatic heterocycles. The van der Waals surface area contributed by atoms with E-state index in [2.05, 4.69) is 22.2 Å². The number of hydrogen-bond donors (Lipinski definition) is 1. The molecule has 1 fully saturated rings. The van der Waals surface area contributed by atoms with Gasteiger partial charge in [-0.15, -0.1) is 0 Å². The Hall–Kier alpha value is -3.74. The second-order valence-electron chi connectivity index (χ2n) is 10.7. The van der Waals surface area contributed by atoms with Crippen LogP contribution in [0.4, 0.5) is 5.82 Å². The smallest absolute Gasteiger partial charge is 0.376 e. The molecule has 1 N–H and O–H groups in total. The lowest BCUT2D eigenvalue weighted by atomic mass is 10.1. The number of benzene rings is 2. The summed E-state index contributed by atoms with van der Waals surface area (Å²) < 4.78 is 40.6. The van der Waals surface area contributed by atoms with Crippen LogP contribution in [0, 0.1) is 12.8 Å². The molecule has 228 valence electrons. The second kappa shape index (κ2) is 12.9. The van der Waals surface area contributed by atoms with Crippen molar-refractivity contribution in [3.05, 3.63) is 64.4 Å². The van der Waals surface area contributed by atoms with E-state index in [4.69, 9.17) is 30.2 Å². The summed E-state index contributed by atoms with van der Waals surface area (Å²) in [5.41, 5.74) is 3.63. The number of methoxy groups -OCH3 is 1. The van der Waals surface area contributed by atoms with Crippen LogP contribution in [0.25, 0.3) is 22.6 Å². The fourth-order valence-electron chi connectivity index (χ4n) is 4.78. The van der Waals surface area contributed by atoms with Gasteiger partial charge in [0.25, 0.3) is 10.1 Å². The van der Waals surface area contributed by atoms with E-state index in [0.29, 0.717) is 58.0 Å². The Bertz CT molecular complexity index is 1740. The Balaban J connectivity index is 1.63. The molecule has 1 saturated carbocycles. The minimum atomic E-state index is -3.53. The number of aryl methyl sites for hydroxylation is 1. The normalized spacial score (nSPS) is 14.1. The molecule has 5 rings (SSSR count). The number of imidazole rings is 1. The minimum absolute atomic E-state index is 0.00914. The van der Waals surface area contributed by atoms with Crippen molar-refractivity contribution in [1.29, 1.82) is 0 Å². The highest BCUT2D eigenvalue weighted by atomic mass is 35.5. The highest BCUT2D eigenvalue weighted by Crippen LogP contribution is 2.37. The molecule has 0 spiro atoms. The molecule has 0 radical (unpaired) electrons. The summed E-state index contributed by atoms with van der Waals surface area (Å²) in [6.45, 7) is 4.71. The summed E-state index contributed by atoms with van der Waals surface area (Å²) >= 11 is 6.18. The Kier molecular flexibility index (Phi) is 9.19. The van der Waals surface area contributed by atoms with Gasteiger partial charge in [0.05, 0.1) is 32.1 Å². The van der Waals surface area contributed by atoms with Crippen molar-refractivity contribution in [2.75, 3.05) is 31.9 Å².